The molecule has 0 bridgehead atoms. The number of carbonyl (C=O) groups excluding carboxylic acids is 1. The molecule has 0 amide bonds. The first kappa shape index (κ1) is 11.4. The molecule has 80 valence electrons. The van der Waals surface area contributed by atoms with Crippen molar-refractivity contribution in [3.63, 3.8) is 0 Å². The van der Waals surface area contributed by atoms with E-state index in [2.05, 4.69) is 9.72 Å². The van der Waals surface area contributed by atoms with Crippen molar-refractivity contribution >= 4 is 11.9 Å². The van der Waals surface area contributed by atoms with E-state index in [4.69, 9.17) is 0 Å². The predicted molar refractivity (Wildman–Crippen MR) is 58.1 cm³/mol. The lowest BCUT2D eigenvalue weighted by Gasteiger charge is -1.93. The summed E-state index contributed by atoms with van der Waals surface area (Å²) in [5.41, 5.74) is 1.33. The van der Waals surface area contributed by atoms with Gasteiger partial charge in [0.15, 0.2) is 6.29 Å². The van der Waals surface area contributed by atoms with Crippen LogP contribution in [0.2, 0.25) is 0 Å². The summed E-state index contributed by atoms with van der Waals surface area (Å²) in [6, 6.07) is 3.56. The third kappa shape index (κ3) is 2.89. The maximum Gasteiger partial charge on any atom is 0.153 e. The molecule has 2 aromatic heterocycles. The average Bonchev–Trinajstić information content (AvgIpc) is 2.77. The number of nitrogens with zero attached hydrogens (tertiary/aromatic N) is 2. The third-order valence-corrected chi connectivity index (χ3v) is 1.86. The second-order valence-corrected chi connectivity index (χ2v) is 2.82. The van der Waals surface area contributed by atoms with E-state index in [1.807, 2.05) is 29.8 Å². The highest BCUT2D eigenvalue weighted by molar-refractivity contribution is 5.83. The standard InChI is InChI=1S/C8H6N2O.C3H8O/c11-6-7-2-1-4-10-5-3-9-8(7)10;1-3-4-2/h1-6H;3H2,1-2H3. The molecule has 0 saturated carbocycles. The quantitative estimate of drug-likeness (QED) is 0.704. The van der Waals surface area contributed by atoms with Crippen LogP contribution in [-0.4, -0.2) is 29.4 Å². The minimum Gasteiger partial charge on any atom is -0.385 e. The monoisotopic (exact) mass is 206 g/mol. The van der Waals surface area contributed by atoms with Crippen molar-refractivity contribution in [3.05, 3.63) is 36.3 Å². The maximum absolute atomic E-state index is 10.5. The van der Waals surface area contributed by atoms with Gasteiger partial charge in [0.2, 0.25) is 0 Å². The van der Waals surface area contributed by atoms with Crippen LogP contribution < -0.4 is 0 Å². The van der Waals surface area contributed by atoms with E-state index in [1.165, 1.54) is 0 Å². The molecule has 2 rings (SSSR count). The lowest BCUT2D eigenvalue weighted by molar-refractivity contribution is 0.112. The van der Waals surface area contributed by atoms with Gasteiger partial charge >= 0.3 is 0 Å². The fourth-order valence-corrected chi connectivity index (χ4v) is 1.06. The van der Waals surface area contributed by atoms with Crippen molar-refractivity contribution in [3.8, 4) is 0 Å². The number of rotatable bonds is 2. The Kier molecular flexibility index (Phi) is 4.50. The van der Waals surface area contributed by atoms with Crippen LogP contribution in [0.5, 0.6) is 0 Å². The molecule has 4 heteroatoms. The van der Waals surface area contributed by atoms with Gasteiger partial charge in [-0.1, -0.05) is 0 Å². The molecule has 0 radical (unpaired) electrons. The first-order valence-corrected chi connectivity index (χ1v) is 4.69. The number of hydrogen-bond donors (Lipinski definition) is 0. The van der Waals surface area contributed by atoms with Crippen molar-refractivity contribution < 1.29 is 9.53 Å². The van der Waals surface area contributed by atoms with Crippen molar-refractivity contribution in [1.29, 1.82) is 0 Å². The SMILES string of the molecule is CCOC.O=Cc1cccn2ccnc12. The summed E-state index contributed by atoms with van der Waals surface area (Å²) >= 11 is 0. The van der Waals surface area contributed by atoms with E-state index >= 15 is 0 Å². The summed E-state index contributed by atoms with van der Waals surface area (Å²) in [6.07, 6.45) is 6.14. The zero-order valence-electron chi connectivity index (χ0n) is 8.88. The molecule has 0 aliphatic rings. The third-order valence-electron chi connectivity index (χ3n) is 1.86. The zero-order chi connectivity index (χ0) is 11.1. The summed E-state index contributed by atoms with van der Waals surface area (Å²) in [4.78, 5) is 14.5. The Morgan fingerprint density at radius 3 is 2.87 bits per heavy atom. The minimum atomic E-state index is 0.623. The molecule has 0 aliphatic carbocycles. The Bertz CT molecular complexity index is 421. The lowest BCUT2D eigenvalue weighted by atomic mass is 10.3. The van der Waals surface area contributed by atoms with Crippen LogP contribution in [0.3, 0.4) is 0 Å². The number of fused-ring (bicyclic) bond motifs is 1. The van der Waals surface area contributed by atoms with E-state index in [9.17, 15) is 4.79 Å². The second kappa shape index (κ2) is 5.93. The molecule has 0 unspecified atom stereocenters. The van der Waals surface area contributed by atoms with E-state index in [0.29, 0.717) is 11.2 Å². The van der Waals surface area contributed by atoms with Crippen LogP contribution in [0, 0.1) is 0 Å². The number of hydrogen-bond acceptors (Lipinski definition) is 3. The van der Waals surface area contributed by atoms with Gasteiger partial charge in [-0.3, -0.25) is 4.79 Å². The molecule has 2 aromatic rings. The molecule has 15 heavy (non-hydrogen) atoms. The molecule has 0 spiro atoms. The van der Waals surface area contributed by atoms with Gasteiger partial charge < -0.3 is 9.14 Å². The highest BCUT2D eigenvalue weighted by atomic mass is 16.5. The van der Waals surface area contributed by atoms with Gasteiger partial charge in [-0.25, -0.2) is 4.98 Å². The molecule has 0 fully saturated rings. The van der Waals surface area contributed by atoms with E-state index < -0.39 is 0 Å². The van der Waals surface area contributed by atoms with Gasteiger partial charge in [0, 0.05) is 32.3 Å². The summed E-state index contributed by atoms with van der Waals surface area (Å²) in [5, 5.41) is 0. The topological polar surface area (TPSA) is 43.6 Å². The van der Waals surface area contributed by atoms with Gasteiger partial charge in [-0.15, -0.1) is 0 Å². The van der Waals surface area contributed by atoms with Crippen LogP contribution in [0.1, 0.15) is 17.3 Å². The van der Waals surface area contributed by atoms with Gasteiger partial charge in [-0.05, 0) is 19.1 Å². The van der Waals surface area contributed by atoms with Gasteiger partial charge in [0.05, 0.1) is 5.56 Å². The van der Waals surface area contributed by atoms with Crippen LogP contribution >= 0.6 is 0 Å². The van der Waals surface area contributed by atoms with Crippen LogP contribution in [0.15, 0.2) is 30.7 Å². The van der Waals surface area contributed by atoms with Gasteiger partial charge in [-0.2, -0.15) is 0 Å². The van der Waals surface area contributed by atoms with Crippen molar-refractivity contribution in [2.24, 2.45) is 0 Å². The molecule has 0 atom stereocenters. The molecule has 0 aromatic carbocycles. The number of aldehydes is 1. The fraction of sp³-hybridized carbons (Fsp3) is 0.273. The second-order valence-electron chi connectivity index (χ2n) is 2.82. The largest absolute Gasteiger partial charge is 0.385 e. The summed E-state index contributed by atoms with van der Waals surface area (Å²) in [7, 11) is 1.68. The predicted octanol–water partition coefficient (Wildman–Crippen LogP) is 1.80. The van der Waals surface area contributed by atoms with Gasteiger partial charge in [0.25, 0.3) is 0 Å². The summed E-state index contributed by atoms with van der Waals surface area (Å²) in [6.45, 7) is 2.78. The Labute approximate surface area is 88.5 Å². The summed E-state index contributed by atoms with van der Waals surface area (Å²) in [5.74, 6) is 0. The smallest absolute Gasteiger partial charge is 0.153 e. The number of ether oxygens (including phenoxy) is 1. The highest BCUT2D eigenvalue weighted by Crippen LogP contribution is 2.04. The van der Waals surface area contributed by atoms with Crippen molar-refractivity contribution in [2.75, 3.05) is 13.7 Å². The Hall–Kier alpha value is -1.68. The Morgan fingerprint density at radius 2 is 2.27 bits per heavy atom. The lowest BCUT2D eigenvalue weighted by Crippen LogP contribution is -1.88. The number of pyridine rings is 1. The molecule has 0 N–H and O–H groups in total. The number of aromatic nitrogens is 2. The van der Waals surface area contributed by atoms with Crippen LogP contribution in [0.25, 0.3) is 5.65 Å². The summed E-state index contributed by atoms with van der Waals surface area (Å²) < 4.78 is 6.35. The van der Waals surface area contributed by atoms with Gasteiger partial charge in [0.1, 0.15) is 5.65 Å². The highest BCUT2D eigenvalue weighted by Gasteiger charge is 1.97. The minimum absolute atomic E-state index is 0.623. The van der Waals surface area contributed by atoms with Crippen molar-refractivity contribution in [1.82, 2.24) is 9.38 Å². The molecule has 0 saturated heterocycles. The maximum atomic E-state index is 10.5. The van der Waals surface area contributed by atoms with E-state index in [-0.39, 0.29) is 0 Å². The number of methoxy groups -OCH3 is 1. The van der Waals surface area contributed by atoms with E-state index in [0.717, 1.165) is 12.9 Å². The number of imidazole rings is 1. The van der Waals surface area contributed by atoms with E-state index in [1.54, 1.807) is 19.4 Å². The van der Waals surface area contributed by atoms with Crippen LogP contribution in [-0.2, 0) is 4.74 Å². The molecular weight excluding hydrogens is 192 g/mol. The average molecular weight is 206 g/mol. The Balaban J connectivity index is 0.000000245. The molecule has 4 nitrogen and oxygen atoms in total. The number of carbonyl (C=O) groups is 1. The Morgan fingerprint density at radius 1 is 1.53 bits per heavy atom. The van der Waals surface area contributed by atoms with Crippen LogP contribution in [0.4, 0.5) is 0 Å². The normalized spacial score (nSPS) is 9.47. The first-order chi connectivity index (χ1) is 7.33. The zero-order valence-corrected chi connectivity index (χ0v) is 8.88. The molecule has 0 aliphatic heterocycles. The fourth-order valence-electron chi connectivity index (χ4n) is 1.06. The van der Waals surface area contributed by atoms with Crippen molar-refractivity contribution in [2.45, 2.75) is 6.92 Å². The first-order valence-electron chi connectivity index (χ1n) is 4.69. The molecule has 2 heterocycles. The molecular formula is C11H14N2O2.